The van der Waals surface area contributed by atoms with Crippen LogP contribution in [-0.4, -0.2) is 58.3 Å². The summed E-state index contributed by atoms with van der Waals surface area (Å²) in [6.45, 7) is 16.9. The molecule has 0 saturated carbocycles. The Morgan fingerprint density at radius 1 is 1.14 bits per heavy atom. The monoisotopic (exact) mass is 591 g/mol. The smallest absolute Gasteiger partial charge is 0.258 e. The van der Waals surface area contributed by atoms with Crippen LogP contribution >= 0.6 is 0 Å². The van der Waals surface area contributed by atoms with E-state index < -0.39 is 12.1 Å². The van der Waals surface area contributed by atoms with Crippen molar-refractivity contribution in [1.82, 2.24) is 25.6 Å². The van der Waals surface area contributed by atoms with E-state index in [-0.39, 0.29) is 41.0 Å². The third-order valence-corrected chi connectivity index (χ3v) is 8.42. The number of pyridine rings is 1. The first kappa shape index (κ1) is 34.2. The molecular weight excluding hydrogens is 538 g/mol. The lowest BCUT2D eigenvalue weighted by atomic mass is 9.89. The maximum absolute atomic E-state index is 13.6. The predicted octanol–water partition coefficient (Wildman–Crippen LogP) is 6.28. The highest BCUT2D eigenvalue weighted by molar-refractivity contribution is 5.89. The van der Waals surface area contributed by atoms with Crippen LogP contribution in [0.15, 0.2) is 36.5 Å². The molecular formula is C35H53N5O3. The van der Waals surface area contributed by atoms with Crippen molar-refractivity contribution in [2.24, 2.45) is 17.3 Å². The number of hydrogen-bond acceptors (Lipinski definition) is 5. The Morgan fingerprint density at radius 3 is 2.51 bits per heavy atom. The van der Waals surface area contributed by atoms with Crippen LogP contribution in [0.25, 0.3) is 16.8 Å². The van der Waals surface area contributed by atoms with Crippen LogP contribution in [0.5, 0.6) is 0 Å². The van der Waals surface area contributed by atoms with Crippen molar-refractivity contribution >= 4 is 34.6 Å². The summed E-state index contributed by atoms with van der Waals surface area (Å²) in [5.41, 5.74) is 5.17. The van der Waals surface area contributed by atoms with Crippen molar-refractivity contribution in [1.29, 1.82) is 0 Å². The van der Waals surface area contributed by atoms with E-state index in [9.17, 15) is 14.4 Å². The van der Waals surface area contributed by atoms with Gasteiger partial charge in [-0.15, -0.1) is 0 Å². The Morgan fingerprint density at radius 2 is 1.86 bits per heavy atom. The second-order valence-electron chi connectivity index (χ2n) is 13.6. The first-order chi connectivity index (χ1) is 20.2. The molecule has 8 heteroatoms. The van der Waals surface area contributed by atoms with Gasteiger partial charge in [-0.2, -0.15) is 0 Å². The van der Waals surface area contributed by atoms with Gasteiger partial charge in [0.1, 0.15) is 12.1 Å². The quantitative estimate of drug-likeness (QED) is 0.321. The summed E-state index contributed by atoms with van der Waals surface area (Å²) in [4.78, 5) is 46.2. The second kappa shape index (κ2) is 15.0. The van der Waals surface area contributed by atoms with Gasteiger partial charge in [0.25, 0.3) is 5.91 Å². The van der Waals surface area contributed by atoms with Gasteiger partial charge >= 0.3 is 0 Å². The largest absolute Gasteiger partial charge is 0.344 e. The molecule has 0 aliphatic carbocycles. The molecule has 4 unspecified atom stereocenters. The van der Waals surface area contributed by atoms with Crippen LogP contribution in [-0.2, 0) is 14.4 Å². The molecule has 0 bridgehead atoms. The van der Waals surface area contributed by atoms with Gasteiger partial charge in [0, 0.05) is 31.1 Å². The number of fused-ring (bicyclic) bond motifs is 1. The van der Waals surface area contributed by atoms with E-state index in [2.05, 4.69) is 61.6 Å². The average molecular weight is 592 g/mol. The third-order valence-electron chi connectivity index (χ3n) is 8.42. The lowest BCUT2D eigenvalue weighted by molar-refractivity contribution is -0.146. The predicted molar refractivity (Wildman–Crippen MR) is 175 cm³/mol. The number of benzene rings is 1. The molecule has 236 valence electrons. The molecule has 0 spiro atoms. The van der Waals surface area contributed by atoms with Gasteiger partial charge < -0.3 is 10.2 Å². The summed E-state index contributed by atoms with van der Waals surface area (Å²) in [5, 5.41) is 6.57. The van der Waals surface area contributed by atoms with Crippen LogP contribution in [0.3, 0.4) is 0 Å². The fraction of sp³-hybridized carbons (Fsp3) is 0.600. The normalized spacial score (nSPS) is 18.1. The van der Waals surface area contributed by atoms with Crippen molar-refractivity contribution in [3.63, 3.8) is 0 Å². The van der Waals surface area contributed by atoms with Gasteiger partial charge in [-0.1, -0.05) is 72.6 Å². The number of amides is 3. The number of nitrogens with zero attached hydrogens (tertiary/aromatic N) is 3. The molecule has 2 aromatic rings. The molecule has 43 heavy (non-hydrogen) atoms. The Balaban J connectivity index is 1.66. The zero-order valence-electron chi connectivity index (χ0n) is 27.7. The highest BCUT2D eigenvalue weighted by Crippen LogP contribution is 2.26. The Labute approximate surface area is 258 Å². The van der Waals surface area contributed by atoms with E-state index in [1.54, 1.807) is 11.8 Å². The van der Waals surface area contributed by atoms with Gasteiger partial charge in [0.2, 0.25) is 11.8 Å². The molecule has 1 aliphatic heterocycles. The van der Waals surface area contributed by atoms with Crippen LogP contribution in [0.1, 0.15) is 105 Å². The summed E-state index contributed by atoms with van der Waals surface area (Å²) < 4.78 is 0. The summed E-state index contributed by atoms with van der Waals surface area (Å²) in [7, 11) is 1.81. The van der Waals surface area contributed by atoms with E-state index >= 15 is 0 Å². The Hall–Kier alpha value is -3.26. The van der Waals surface area contributed by atoms with Crippen LogP contribution in [0, 0.1) is 17.3 Å². The van der Waals surface area contributed by atoms with Crippen molar-refractivity contribution in [3.05, 3.63) is 47.8 Å². The Bertz CT molecular complexity index is 1300. The van der Waals surface area contributed by atoms with E-state index in [4.69, 9.17) is 0 Å². The first-order valence-electron chi connectivity index (χ1n) is 15.9. The fourth-order valence-electron chi connectivity index (χ4n) is 5.45. The number of hydrazine groups is 1. The molecule has 1 aromatic carbocycles. The minimum Gasteiger partial charge on any atom is -0.344 e. The van der Waals surface area contributed by atoms with Crippen LogP contribution in [0.4, 0.5) is 0 Å². The zero-order valence-corrected chi connectivity index (χ0v) is 27.7. The minimum absolute atomic E-state index is 0.0650. The summed E-state index contributed by atoms with van der Waals surface area (Å²) in [5.74, 6) is -0.283. The number of carbonyl (C=O) groups is 3. The van der Waals surface area contributed by atoms with E-state index in [0.717, 1.165) is 41.3 Å². The molecule has 1 saturated heterocycles. The fourth-order valence-corrected chi connectivity index (χ4v) is 5.45. The number of likely N-dealkylation sites (N-methyl/N-ethyl adjacent to an activating group) is 1. The molecule has 3 rings (SSSR count). The van der Waals surface area contributed by atoms with E-state index in [0.29, 0.717) is 19.4 Å². The molecule has 4 atom stereocenters. The van der Waals surface area contributed by atoms with Crippen molar-refractivity contribution < 1.29 is 14.4 Å². The number of unbranched alkanes of at least 4 members (excludes halogenated alkanes) is 1. The molecule has 0 radical (unpaired) electrons. The number of rotatable bonds is 11. The first-order valence-corrected chi connectivity index (χ1v) is 15.9. The van der Waals surface area contributed by atoms with Gasteiger partial charge in [0.05, 0.1) is 11.7 Å². The van der Waals surface area contributed by atoms with Crippen LogP contribution < -0.4 is 10.7 Å². The SMILES string of the molecule is CCCCC(C(=O)NC(C)C(=O)N1CCCC(C(=O)N(C)C(C)c2ccc3cnc(C=CC(C)(C)C)cc3c2)N1)C(C)C. The molecule has 8 nitrogen and oxygen atoms in total. The highest BCUT2D eigenvalue weighted by atomic mass is 16.2. The topological polar surface area (TPSA) is 94.6 Å². The number of allylic oxidation sites excluding steroid dienone is 1. The lowest BCUT2D eigenvalue weighted by Crippen LogP contribution is -2.61. The maximum Gasteiger partial charge on any atom is 0.258 e. The Kier molecular flexibility index (Phi) is 11.9. The van der Waals surface area contributed by atoms with Gasteiger partial charge in [-0.25, -0.2) is 5.43 Å². The highest BCUT2D eigenvalue weighted by Gasteiger charge is 2.34. The number of nitrogens with one attached hydrogen (secondary N) is 2. The van der Waals surface area contributed by atoms with Gasteiger partial charge in [0.15, 0.2) is 0 Å². The molecule has 2 heterocycles. The van der Waals surface area contributed by atoms with Gasteiger partial charge in [-0.3, -0.25) is 24.4 Å². The lowest BCUT2D eigenvalue weighted by Gasteiger charge is -2.37. The summed E-state index contributed by atoms with van der Waals surface area (Å²) >= 11 is 0. The minimum atomic E-state index is -0.677. The molecule has 1 aliphatic rings. The standard InChI is InChI=1S/C35H53N5O3/c1-10-11-13-30(23(2)3)32(41)37-24(4)33(42)40-19-12-14-31(38-40)34(43)39(9)25(5)26-15-16-27-22-36-29(21-28(27)20-26)17-18-35(6,7)8/h15-18,20-25,30-31,38H,10-14,19H2,1-9H3,(H,37,41). The van der Waals surface area contributed by atoms with E-state index in [1.165, 1.54) is 5.01 Å². The van der Waals surface area contributed by atoms with Crippen LogP contribution in [0.2, 0.25) is 0 Å². The molecule has 1 fully saturated rings. The molecule has 3 amide bonds. The molecule has 2 N–H and O–H groups in total. The van der Waals surface area contributed by atoms with Crippen molar-refractivity contribution in [2.45, 2.75) is 106 Å². The average Bonchev–Trinajstić information content (AvgIpc) is 2.97. The van der Waals surface area contributed by atoms with Gasteiger partial charge in [-0.05, 0) is 73.6 Å². The van der Waals surface area contributed by atoms with Crippen molar-refractivity contribution in [3.8, 4) is 0 Å². The summed E-state index contributed by atoms with van der Waals surface area (Å²) in [6, 6.07) is 6.94. The number of hydrogen-bond donors (Lipinski definition) is 2. The third kappa shape index (κ3) is 9.36. The second-order valence-corrected chi connectivity index (χ2v) is 13.6. The van der Waals surface area contributed by atoms with E-state index in [1.807, 2.05) is 52.2 Å². The molecule has 1 aromatic heterocycles. The number of carbonyl (C=O) groups excluding carboxylic acids is 3. The van der Waals surface area contributed by atoms with Crippen molar-refractivity contribution in [2.75, 3.05) is 13.6 Å². The summed E-state index contributed by atoms with van der Waals surface area (Å²) in [6.07, 6.45) is 10.2. The maximum atomic E-state index is 13.6. The number of aromatic nitrogens is 1. The zero-order chi connectivity index (χ0) is 31.9.